The summed E-state index contributed by atoms with van der Waals surface area (Å²) < 4.78 is 0. The van der Waals surface area contributed by atoms with Gasteiger partial charge in [0.1, 0.15) is 0 Å². The minimum atomic E-state index is 0.658. The molecule has 1 N–H and O–H groups in total. The molecule has 0 amide bonds. The van der Waals surface area contributed by atoms with E-state index in [1.54, 1.807) is 0 Å². The van der Waals surface area contributed by atoms with E-state index in [-0.39, 0.29) is 0 Å². The van der Waals surface area contributed by atoms with Crippen molar-refractivity contribution in [1.82, 2.24) is 5.32 Å². The molecule has 64 valence electrons. The molecule has 1 aliphatic rings. The monoisotopic (exact) mass is 153 g/mol. The number of rotatable bonds is 2. The van der Waals surface area contributed by atoms with Gasteiger partial charge in [0.05, 0.1) is 0 Å². The zero-order chi connectivity index (χ0) is 8.10. The summed E-state index contributed by atoms with van der Waals surface area (Å²) >= 11 is 0. The normalized spacial score (nSPS) is 26.6. The van der Waals surface area contributed by atoms with Crippen molar-refractivity contribution in [3.63, 3.8) is 0 Å². The third kappa shape index (κ3) is 3.57. The number of piperidine rings is 1. The van der Waals surface area contributed by atoms with Gasteiger partial charge in [-0.15, -0.1) is 0 Å². The first-order valence-corrected chi connectivity index (χ1v) is 4.71. The fraction of sp³-hybridized carbons (Fsp3) is 0.800. The molecule has 0 aromatic heterocycles. The van der Waals surface area contributed by atoms with Crippen LogP contribution in [-0.4, -0.2) is 12.6 Å². The van der Waals surface area contributed by atoms with Crippen LogP contribution >= 0.6 is 0 Å². The molecule has 0 bridgehead atoms. The Morgan fingerprint density at radius 1 is 1.36 bits per heavy atom. The lowest BCUT2D eigenvalue weighted by molar-refractivity contribution is 0.453. The molecular weight excluding hydrogens is 134 g/mol. The highest BCUT2D eigenvalue weighted by Gasteiger charge is 2.07. The first-order valence-electron chi connectivity index (χ1n) is 4.71. The Morgan fingerprint density at radius 2 is 2.18 bits per heavy atom. The van der Waals surface area contributed by atoms with Crippen LogP contribution in [0.2, 0.25) is 0 Å². The van der Waals surface area contributed by atoms with Gasteiger partial charge in [0, 0.05) is 6.04 Å². The number of hydrogen-bond donors (Lipinski definition) is 1. The molecular formula is C10H19N. The standard InChI is InChI=1S/C10H19N/c1-9(2)6-7-10-5-3-4-8-11-10/h6-7,9-11H,3-5,8H2,1-2H3/b7-6+. The molecule has 1 saturated heterocycles. The molecule has 1 aliphatic heterocycles. The number of hydrogen-bond acceptors (Lipinski definition) is 1. The van der Waals surface area contributed by atoms with Gasteiger partial charge in [0.2, 0.25) is 0 Å². The van der Waals surface area contributed by atoms with Crippen LogP contribution in [0, 0.1) is 5.92 Å². The average Bonchev–Trinajstić information content (AvgIpc) is 2.03. The maximum absolute atomic E-state index is 3.49. The van der Waals surface area contributed by atoms with E-state index in [9.17, 15) is 0 Å². The second-order valence-electron chi connectivity index (χ2n) is 3.69. The summed E-state index contributed by atoms with van der Waals surface area (Å²) in [4.78, 5) is 0. The minimum Gasteiger partial charge on any atom is -0.311 e. The van der Waals surface area contributed by atoms with E-state index < -0.39 is 0 Å². The summed E-state index contributed by atoms with van der Waals surface area (Å²) in [6.07, 6.45) is 8.68. The topological polar surface area (TPSA) is 12.0 Å². The molecule has 1 nitrogen and oxygen atoms in total. The van der Waals surface area contributed by atoms with Gasteiger partial charge in [-0.1, -0.05) is 32.4 Å². The van der Waals surface area contributed by atoms with Gasteiger partial charge in [-0.3, -0.25) is 0 Å². The van der Waals surface area contributed by atoms with Crippen molar-refractivity contribution in [2.45, 2.75) is 39.2 Å². The third-order valence-corrected chi connectivity index (χ3v) is 2.08. The molecule has 1 atom stereocenters. The van der Waals surface area contributed by atoms with Gasteiger partial charge in [0.25, 0.3) is 0 Å². The molecule has 0 spiro atoms. The van der Waals surface area contributed by atoms with Gasteiger partial charge in [0.15, 0.2) is 0 Å². The fourth-order valence-corrected chi connectivity index (χ4v) is 1.40. The SMILES string of the molecule is CC(C)/C=C/C1CCCCN1. The average molecular weight is 153 g/mol. The van der Waals surface area contributed by atoms with Crippen LogP contribution in [0.15, 0.2) is 12.2 Å². The highest BCUT2D eigenvalue weighted by molar-refractivity contribution is 4.95. The Kier molecular flexibility index (Phi) is 3.64. The van der Waals surface area contributed by atoms with E-state index in [1.165, 1.54) is 25.8 Å². The van der Waals surface area contributed by atoms with Crippen LogP contribution in [0.4, 0.5) is 0 Å². The van der Waals surface area contributed by atoms with Crippen LogP contribution in [-0.2, 0) is 0 Å². The molecule has 1 unspecified atom stereocenters. The molecule has 1 rings (SSSR count). The van der Waals surface area contributed by atoms with Crippen LogP contribution < -0.4 is 5.32 Å². The van der Waals surface area contributed by atoms with Gasteiger partial charge in [-0.25, -0.2) is 0 Å². The first kappa shape index (κ1) is 8.79. The van der Waals surface area contributed by atoms with Crippen LogP contribution in [0.1, 0.15) is 33.1 Å². The number of allylic oxidation sites excluding steroid dienone is 1. The largest absolute Gasteiger partial charge is 0.311 e. The van der Waals surface area contributed by atoms with Gasteiger partial charge in [-0.05, 0) is 25.3 Å². The zero-order valence-electron chi connectivity index (χ0n) is 7.64. The summed E-state index contributed by atoms with van der Waals surface area (Å²) in [6, 6.07) is 0.658. The molecule has 0 aromatic carbocycles. The quantitative estimate of drug-likeness (QED) is 0.600. The second-order valence-corrected chi connectivity index (χ2v) is 3.69. The van der Waals surface area contributed by atoms with Crippen molar-refractivity contribution in [3.8, 4) is 0 Å². The predicted octanol–water partition coefficient (Wildman–Crippen LogP) is 2.34. The van der Waals surface area contributed by atoms with E-state index in [0.29, 0.717) is 12.0 Å². The molecule has 1 heterocycles. The summed E-state index contributed by atoms with van der Waals surface area (Å²) in [5.74, 6) is 0.693. The first-order chi connectivity index (χ1) is 5.29. The highest BCUT2D eigenvalue weighted by Crippen LogP contribution is 2.08. The fourth-order valence-electron chi connectivity index (χ4n) is 1.40. The van der Waals surface area contributed by atoms with E-state index >= 15 is 0 Å². The maximum Gasteiger partial charge on any atom is 0.0250 e. The van der Waals surface area contributed by atoms with Crippen molar-refractivity contribution < 1.29 is 0 Å². The summed E-state index contributed by atoms with van der Waals surface area (Å²) in [5, 5.41) is 3.49. The van der Waals surface area contributed by atoms with Crippen molar-refractivity contribution in [2.75, 3.05) is 6.54 Å². The Morgan fingerprint density at radius 3 is 2.73 bits per heavy atom. The molecule has 1 heteroatoms. The summed E-state index contributed by atoms with van der Waals surface area (Å²) in [5.41, 5.74) is 0. The van der Waals surface area contributed by atoms with Gasteiger partial charge in [-0.2, -0.15) is 0 Å². The van der Waals surface area contributed by atoms with Gasteiger partial charge >= 0.3 is 0 Å². The van der Waals surface area contributed by atoms with Crippen molar-refractivity contribution >= 4 is 0 Å². The Labute approximate surface area is 69.9 Å². The predicted molar refractivity (Wildman–Crippen MR) is 49.6 cm³/mol. The van der Waals surface area contributed by atoms with Crippen molar-refractivity contribution in [2.24, 2.45) is 5.92 Å². The maximum atomic E-state index is 3.49. The van der Waals surface area contributed by atoms with E-state index in [0.717, 1.165) is 0 Å². The Balaban J connectivity index is 2.23. The summed E-state index contributed by atoms with van der Waals surface area (Å²) in [7, 11) is 0. The minimum absolute atomic E-state index is 0.658. The number of nitrogens with one attached hydrogen (secondary N) is 1. The second kappa shape index (κ2) is 4.55. The lowest BCUT2D eigenvalue weighted by Gasteiger charge is -2.20. The van der Waals surface area contributed by atoms with Crippen molar-refractivity contribution in [3.05, 3.63) is 12.2 Å². The zero-order valence-corrected chi connectivity index (χ0v) is 7.64. The van der Waals surface area contributed by atoms with Crippen LogP contribution in [0.5, 0.6) is 0 Å². The Hall–Kier alpha value is -0.300. The van der Waals surface area contributed by atoms with Crippen LogP contribution in [0.25, 0.3) is 0 Å². The third-order valence-electron chi connectivity index (χ3n) is 2.08. The Bertz CT molecular complexity index is 121. The molecule has 0 radical (unpaired) electrons. The van der Waals surface area contributed by atoms with E-state index in [4.69, 9.17) is 0 Å². The van der Waals surface area contributed by atoms with E-state index in [2.05, 4.69) is 31.3 Å². The highest BCUT2D eigenvalue weighted by atomic mass is 14.9. The lowest BCUT2D eigenvalue weighted by atomic mass is 10.0. The smallest absolute Gasteiger partial charge is 0.0250 e. The lowest BCUT2D eigenvalue weighted by Crippen LogP contribution is -2.32. The van der Waals surface area contributed by atoms with Crippen LogP contribution in [0.3, 0.4) is 0 Å². The molecule has 0 saturated carbocycles. The van der Waals surface area contributed by atoms with E-state index in [1.807, 2.05) is 0 Å². The van der Waals surface area contributed by atoms with Gasteiger partial charge < -0.3 is 5.32 Å². The van der Waals surface area contributed by atoms with Crippen molar-refractivity contribution in [1.29, 1.82) is 0 Å². The molecule has 1 fully saturated rings. The molecule has 11 heavy (non-hydrogen) atoms. The molecule has 0 aromatic rings. The molecule has 0 aliphatic carbocycles. The summed E-state index contributed by atoms with van der Waals surface area (Å²) in [6.45, 7) is 5.64.